The lowest BCUT2D eigenvalue weighted by atomic mass is 10.0. The molecule has 2 atom stereocenters. The van der Waals surface area contributed by atoms with Crippen LogP contribution in [-0.4, -0.2) is 30.1 Å². The van der Waals surface area contributed by atoms with Gasteiger partial charge in [-0.2, -0.15) is 0 Å². The average Bonchev–Trinajstić information content (AvgIpc) is 2.97. The van der Waals surface area contributed by atoms with E-state index < -0.39 is 0 Å². The Morgan fingerprint density at radius 3 is 3.06 bits per heavy atom. The van der Waals surface area contributed by atoms with Crippen LogP contribution in [-0.2, 0) is 4.79 Å². The minimum atomic E-state index is -0.00152. The average molecular weight is 248 g/mol. The molecule has 17 heavy (non-hydrogen) atoms. The molecule has 2 heterocycles. The van der Waals surface area contributed by atoms with E-state index in [-0.39, 0.29) is 11.9 Å². The number of benzene rings is 1. The maximum atomic E-state index is 12.4. The molecule has 1 amide bonds. The van der Waals surface area contributed by atoms with Crippen molar-refractivity contribution in [1.82, 2.24) is 5.32 Å². The quantitative estimate of drug-likeness (QED) is 0.822. The van der Waals surface area contributed by atoms with E-state index in [9.17, 15) is 4.79 Å². The Morgan fingerprint density at radius 1 is 1.47 bits per heavy atom. The molecule has 3 rings (SSSR count). The molecule has 1 aromatic rings. The molecule has 4 heteroatoms. The lowest BCUT2D eigenvalue weighted by Gasteiger charge is -2.21. The number of carbonyl (C=O) groups is 1. The fourth-order valence-electron chi connectivity index (χ4n) is 2.57. The number of anilines is 1. The second kappa shape index (κ2) is 4.35. The van der Waals surface area contributed by atoms with Gasteiger partial charge in [0.25, 0.3) is 0 Å². The molecule has 0 spiro atoms. The Morgan fingerprint density at radius 2 is 2.29 bits per heavy atom. The summed E-state index contributed by atoms with van der Waals surface area (Å²) in [5.74, 6) is 2.46. The van der Waals surface area contributed by atoms with Crippen LogP contribution >= 0.6 is 11.8 Å². The zero-order valence-corrected chi connectivity index (χ0v) is 10.7. The standard InChI is InChI=1S/C13H16N2OS/c1-9-6-15(12-5-3-2-4-10(9)12)13(16)11-7-17-8-14-11/h2-5,9,11,14H,6-8H2,1H3. The fourth-order valence-corrected chi connectivity index (χ4v) is 3.50. The minimum Gasteiger partial charge on any atom is -0.310 e. The molecule has 0 radical (unpaired) electrons. The number of nitrogens with zero attached hydrogens (tertiary/aromatic N) is 1. The summed E-state index contributed by atoms with van der Waals surface area (Å²) < 4.78 is 0. The van der Waals surface area contributed by atoms with E-state index in [1.165, 1.54) is 5.56 Å². The lowest BCUT2D eigenvalue weighted by molar-refractivity contribution is -0.119. The van der Waals surface area contributed by atoms with Crippen molar-refractivity contribution in [2.45, 2.75) is 18.9 Å². The van der Waals surface area contributed by atoms with Crippen LogP contribution in [0.4, 0.5) is 5.69 Å². The maximum absolute atomic E-state index is 12.4. The van der Waals surface area contributed by atoms with Gasteiger partial charge in [0.05, 0.1) is 6.04 Å². The Labute approximate surface area is 106 Å². The molecule has 1 aromatic carbocycles. The van der Waals surface area contributed by atoms with Gasteiger partial charge in [-0.05, 0) is 11.6 Å². The first-order valence-electron chi connectivity index (χ1n) is 5.99. The normalized spacial score (nSPS) is 27.2. The summed E-state index contributed by atoms with van der Waals surface area (Å²) in [5, 5.41) is 3.25. The van der Waals surface area contributed by atoms with Crippen molar-refractivity contribution in [3.63, 3.8) is 0 Å². The summed E-state index contributed by atoms with van der Waals surface area (Å²) in [5.41, 5.74) is 2.40. The van der Waals surface area contributed by atoms with Gasteiger partial charge in [-0.15, -0.1) is 11.8 Å². The molecule has 90 valence electrons. The van der Waals surface area contributed by atoms with Gasteiger partial charge in [0.1, 0.15) is 0 Å². The largest absolute Gasteiger partial charge is 0.310 e. The maximum Gasteiger partial charge on any atom is 0.245 e. The number of rotatable bonds is 1. The number of para-hydroxylation sites is 1. The second-order valence-electron chi connectivity index (χ2n) is 4.68. The van der Waals surface area contributed by atoms with Gasteiger partial charge in [0.15, 0.2) is 0 Å². The SMILES string of the molecule is CC1CN(C(=O)C2CSCN2)c2ccccc21. The highest BCUT2D eigenvalue weighted by atomic mass is 32.2. The number of thioether (sulfide) groups is 1. The Hall–Kier alpha value is -1.00. The predicted octanol–water partition coefficient (Wildman–Crippen LogP) is 1.80. The van der Waals surface area contributed by atoms with Crippen molar-refractivity contribution < 1.29 is 4.79 Å². The zero-order valence-electron chi connectivity index (χ0n) is 9.85. The Kier molecular flexibility index (Phi) is 2.84. The van der Waals surface area contributed by atoms with E-state index >= 15 is 0 Å². The highest BCUT2D eigenvalue weighted by Gasteiger charge is 2.34. The van der Waals surface area contributed by atoms with Crippen molar-refractivity contribution in [3.8, 4) is 0 Å². The molecular formula is C13H16N2OS. The van der Waals surface area contributed by atoms with Crippen molar-refractivity contribution in [2.75, 3.05) is 23.1 Å². The fraction of sp³-hybridized carbons (Fsp3) is 0.462. The summed E-state index contributed by atoms with van der Waals surface area (Å²) in [6.07, 6.45) is 0. The first kappa shape index (κ1) is 11.1. The number of nitrogens with one attached hydrogen (secondary N) is 1. The number of carbonyl (C=O) groups excluding carboxylic acids is 1. The third-order valence-corrected chi connectivity index (χ3v) is 4.44. The molecule has 1 fully saturated rings. The summed E-state index contributed by atoms with van der Waals surface area (Å²) in [4.78, 5) is 14.4. The van der Waals surface area contributed by atoms with E-state index in [1.54, 1.807) is 11.8 Å². The van der Waals surface area contributed by atoms with Gasteiger partial charge >= 0.3 is 0 Å². The van der Waals surface area contributed by atoms with E-state index in [0.717, 1.165) is 23.9 Å². The smallest absolute Gasteiger partial charge is 0.245 e. The molecule has 3 nitrogen and oxygen atoms in total. The van der Waals surface area contributed by atoms with E-state index in [4.69, 9.17) is 0 Å². The molecule has 0 saturated carbocycles. The summed E-state index contributed by atoms with van der Waals surface area (Å²) in [6.45, 7) is 3.00. The summed E-state index contributed by atoms with van der Waals surface area (Å²) in [6, 6.07) is 8.24. The number of amides is 1. The van der Waals surface area contributed by atoms with E-state index in [1.807, 2.05) is 17.0 Å². The highest BCUT2D eigenvalue weighted by Crippen LogP contribution is 2.36. The number of hydrogen-bond acceptors (Lipinski definition) is 3. The molecule has 1 N–H and O–H groups in total. The number of fused-ring (bicyclic) bond motifs is 1. The highest BCUT2D eigenvalue weighted by molar-refractivity contribution is 7.99. The van der Waals surface area contributed by atoms with Crippen LogP contribution in [0, 0.1) is 0 Å². The molecule has 2 aliphatic heterocycles. The van der Waals surface area contributed by atoms with Gasteiger partial charge in [-0.1, -0.05) is 25.1 Å². The van der Waals surface area contributed by atoms with Crippen molar-refractivity contribution in [3.05, 3.63) is 29.8 Å². The molecule has 1 saturated heterocycles. The van der Waals surface area contributed by atoms with Crippen LogP contribution in [0.5, 0.6) is 0 Å². The van der Waals surface area contributed by atoms with Gasteiger partial charge < -0.3 is 4.90 Å². The topological polar surface area (TPSA) is 32.3 Å². The van der Waals surface area contributed by atoms with Crippen LogP contribution in [0.2, 0.25) is 0 Å². The van der Waals surface area contributed by atoms with Gasteiger partial charge in [-0.3, -0.25) is 10.1 Å². The Bertz CT molecular complexity index is 443. The Balaban J connectivity index is 1.88. The lowest BCUT2D eigenvalue weighted by Crippen LogP contribution is -2.44. The molecular weight excluding hydrogens is 232 g/mol. The van der Waals surface area contributed by atoms with Crippen molar-refractivity contribution >= 4 is 23.4 Å². The first-order chi connectivity index (χ1) is 8.27. The van der Waals surface area contributed by atoms with Gasteiger partial charge in [0, 0.05) is 29.8 Å². The monoisotopic (exact) mass is 248 g/mol. The van der Waals surface area contributed by atoms with Crippen LogP contribution < -0.4 is 10.2 Å². The predicted molar refractivity (Wildman–Crippen MR) is 71.5 cm³/mol. The van der Waals surface area contributed by atoms with E-state index in [2.05, 4.69) is 24.4 Å². The van der Waals surface area contributed by atoms with Crippen LogP contribution in [0.25, 0.3) is 0 Å². The number of hydrogen-bond donors (Lipinski definition) is 1. The zero-order chi connectivity index (χ0) is 11.8. The van der Waals surface area contributed by atoms with Crippen LogP contribution in [0.3, 0.4) is 0 Å². The van der Waals surface area contributed by atoms with Gasteiger partial charge in [0.2, 0.25) is 5.91 Å². The molecule has 2 unspecified atom stereocenters. The minimum absolute atomic E-state index is 0.00152. The molecule has 0 aromatic heterocycles. The van der Waals surface area contributed by atoms with E-state index in [0.29, 0.717) is 5.92 Å². The third kappa shape index (κ3) is 1.85. The third-order valence-electron chi connectivity index (χ3n) is 3.50. The second-order valence-corrected chi connectivity index (χ2v) is 5.71. The first-order valence-corrected chi connectivity index (χ1v) is 7.14. The molecule has 0 aliphatic carbocycles. The summed E-state index contributed by atoms with van der Waals surface area (Å²) in [7, 11) is 0. The van der Waals surface area contributed by atoms with Crippen LogP contribution in [0.15, 0.2) is 24.3 Å². The van der Waals surface area contributed by atoms with Crippen molar-refractivity contribution in [2.24, 2.45) is 0 Å². The van der Waals surface area contributed by atoms with Gasteiger partial charge in [-0.25, -0.2) is 0 Å². The van der Waals surface area contributed by atoms with Crippen molar-refractivity contribution in [1.29, 1.82) is 0 Å². The summed E-state index contributed by atoms with van der Waals surface area (Å²) >= 11 is 1.79. The van der Waals surface area contributed by atoms with Crippen LogP contribution in [0.1, 0.15) is 18.4 Å². The molecule has 2 aliphatic rings. The molecule has 0 bridgehead atoms.